The summed E-state index contributed by atoms with van der Waals surface area (Å²) in [5.41, 5.74) is 1.77. The molecule has 5 nitrogen and oxygen atoms in total. The number of amides is 1. The molecule has 1 aromatic heterocycles. The first-order valence-corrected chi connectivity index (χ1v) is 8.82. The first-order valence-electron chi connectivity index (χ1n) is 8.82. The summed E-state index contributed by atoms with van der Waals surface area (Å²) < 4.78 is 12.8. The molecule has 136 valence electrons. The third kappa shape index (κ3) is 4.43. The Morgan fingerprint density at radius 2 is 1.85 bits per heavy atom. The summed E-state index contributed by atoms with van der Waals surface area (Å²) in [6.45, 7) is 2.37. The van der Waals surface area contributed by atoms with Crippen LogP contribution in [0.15, 0.2) is 60.8 Å². The third-order valence-electron chi connectivity index (χ3n) is 4.22. The van der Waals surface area contributed by atoms with Gasteiger partial charge in [-0.15, -0.1) is 0 Å². The van der Waals surface area contributed by atoms with E-state index in [0.29, 0.717) is 31.1 Å². The molecule has 1 N–H and O–H groups in total. The summed E-state index contributed by atoms with van der Waals surface area (Å²) in [5.74, 6) is 0.467. The molecule has 0 aliphatic heterocycles. The van der Waals surface area contributed by atoms with Gasteiger partial charge in [-0.25, -0.2) is 0 Å². The Bertz CT molecular complexity index is 857. The van der Waals surface area contributed by atoms with Gasteiger partial charge in [0.2, 0.25) is 0 Å². The quantitative estimate of drug-likeness (QED) is 0.600. The molecular weight excluding hydrogens is 328 g/mol. The normalized spacial score (nSPS) is 10.8. The van der Waals surface area contributed by atoms with E-state index in [1.165, 1.54) is 10.9 Å². The van der Waals surface area contributed by atoms with Crippen LogP contribution in [0.3, 0.4) is 0 Å². The minimum Gasteiger partial charge on any atom is -0.490 e. The Labute approximate surface area is 153 Å². The van der Waals surface area contributed by atoms with Gasteiger partial charge in [0.25, 0.3) is 5.91 Å². The maximum atomic E-state index is 12.4. The van der Waals surface area contributed by atoms with E-state index in [0.717, 1.165) is 13.0 Å². The van der Waals surface area contributed by atoms with Crippen molar-refractivity contribution in [3.63, 3.8) is 0 Å². The highest BCUT2D eigenvalue weighted by Gasteiger charge is 2.11. The van der Waals surface area contributed by atoms with Crippen LogP contribution in [0.5, 0.6) is 5.75 Å². The van der Waals surface area contributed by atoms with E-state index in [9.17, 15) is 4.79 Å². The molecule has 26 heavy (non-hydrogen) atoms. The summed E-state index contributed by atoms with van der Waals surface area (Å²) in [6, 6.07) is 17.7. The van der Waals surface area contributed by atoms with Crippen LogP contribution in [-0.4, -0.2) is 37.3 Å². The molecule has 0 fully saturated rings. The molecule has 0 bridgehead atoms. The van der Waals surface area contributed by atoms with Gasteiger partial charge < -0.3 is 19.4 Å². The van der Waals surface area contributed by atoms with E-state index in [-0.39, 0.29) is 5.91 Å². The molecule has 1 amide bonds. The average molecular weight is 352 g/mol. The Balaban J connectivity index is 1.51. The number of carbonyl (C=O) groups is 1. The topological polar surface area (TPSA) is 52.5 Å². The van der Waals surface area contributed by atoms with Crippen molar-refractivity contribution in [3.05, 3.63) is 66.4 Å². The van der Waals surface area contributed by atoms with Crippen LogP contribution in [0.25, 0.3) is 10.9 Å². The highest BCUT2D eigenvalue weighted by atomic mass is 16.5. The number of methoxy groups -OCH3 is 1. The summed E-state index contributed by atoms with van der Waals surface area (Å²) in [6.07, 6.45) is 2.95. The van der Waals surface area contributed by atoms with E-state index >= 15 is 0 Å². The fourth-order valence-corrected chi connectivity index (χ4v) is 2.90. The van der Waals surface area contributed by atoms with Gasteiger partial charge in [-0.3, -0.25) is 4.79 Å². The highest BCUT2D eigenvalue weighted by Crippen LogP contribution is 2.18. The van der Waals surface area contributed by atoms with Gasteiger partial charge >= 0.3 is 0 Å². The molecule has 0 aliphatic carbocycles. The number of benzene rings is 2. The van der Waals surface area contributed by atoms with Crippen LogP contribution in [0.1, 0.15) is 16.8 Å². The maximum Gasteiger partial charge on any atom is 0.255 e. The Hall–Kier alpha value is -2.79. The molecule has 3 rings (SSSR count). The Morgan fingerprint density at radius 1 is 1.04 bits per heavy atom. The zero-order chi connectivity index (χ0) is 18.2. The number of aromatic nitrogens is 1. The van der Waals surface area contributed by atoms with Gasteiger partial charge in [0.15, 0.2) is 0 Å². The molecule has 5 heteroatoms. The van der Waals surface area contributed by atoms with Gasteiger partial charge in [-0.2, -0.15) is 0 Å². The Morgan fingerprint density at radius 3 is 2.73 bits per heavy atom. The fraction of sp³-hybridized carbons (Fsp3) is 0.286. The van der Waals surface area contributed by atoms with Gasteiger partial charge in [0, 0.05) is 31.9 Å². The minimum absolute atomic E-state index is 0.115. The van der Waals surface area contributed by atoms with Crippen molar-refractivity contribution in [1.82, 2.24) is 9.88 Å². The van der Waals surface area contributed by atoms with Crippen LogP contribution in [0, 0.1) is 0 Å². The molecule has 0 saturated carbocycles. The smallest absolute Gasteiger partial charge is 0.255 e. The lowest BCUT2D eigenvalue weighted by Gasteiger charge is -2.12. The predicted octanol–water partition coefficient (Wildman–Crippen LogP) is 3.49. The van der Waals surface area contributed by atoms with Gasteiger partial charge in [-0.1, -0.05) is 30.3 Å². The number of hydrogen-bond donors (Lipinski definition) is 1. The monoisotopic (exact) mass is 352 g/mol. The fourth-order valence-electron chi connectivity index (χ4n) is 2.90. The van der Waals surface area contributed by atoms with Crippen LogP contribution in [-0.2, 0) is 11.3 Å². The van der Waals surface area contributed by atoms with E-state index < -0.39 is 0 Å². The number of para-hydroxylation sites is 2. The lowest BCUT2D eigenvalue weighted by Crippen LogP contribution is -2.26. The second-order valence-corrected chi connectivity index (χ2v) is 6.01. The number of nitrogens with one attached hydrogen (secondary N) is 1. The average Bonchev–Trinajstić information content (AvgIpc) is 3.09. The lowest BCUT2D eigenvalue weighted by molar-refractivity contribution is 0.0945. The molecule has 0 saturated heterocycles. The largest absolute Gasteiger partial charge is 0.490 e. The van der Waals surface area contributed by atoms with Gasteiger partial charge in [0.1, 0.15) is 12.4 Å². The van der Waals surface area contributed by atoms with Crippen LogP contribution < -0.4 is 10.1 Å². The number of fused-ring (bicyclic) bond motifs is 1. The zero-order valence-electron chi connectivity index (χ0n) is 15.0. The first-order chi connectivity index (χ1) is 12.8. The summed E-state index contributed by atoms with van der Waals surface area (Å²) in [4.78, 5) is 12.4. The van der Waals surface area contributed by atoms with Crippen molar-refractivity contribution in [1.29, 1.82) is 0 Å². The summed E-state index contributed by atoms with van der Waals surface area (Å²) in [7, 11) is 1.62. The Kier molecular flexibility index (Phi) is 6.28. The van der Waals surface area contributed by atoms with Crippen molar-refractivity contribution in [2.45, 2.75) is 13.0 Å². The molecule has 0 unspecified atom stereocenters. The molecular formula is C21H24N2O3. The first kappa shape index (κ1) is 18.0. The van der Waals surface area contributed by atoms with Crippen LogP contribution in [0.4, 0.5) is 0 Å². The summed E-state index contributed by atoms with van der Waals surface area (Å²) >= 11 is 0. The van der Waals surface area contributed by atoms with Gasteiger partial charge in [-0.05, 0) is 36.1 Å². The van der Waals surface area contributed by atoms with Crippen LogP contribution in [0.2, 0.25) is 0 Å². The zero-order valence-corrected chi connectivity index (χ0v) is 15.0. The van der Waals surface area contributed by atoms with Crippen molar-refractivity contribution in [3.8, 4) is 5.75 Å². The minimum atomic E-state index is -0.115. The predicted molar refractivity (Wildman–Crippen MR) is 103 cm³/mol. The van der Waals surface area contributed by atoms with Gasteiger partial charge in [0.05, 0.1) is 12.2 Å². The van der Waals surface area contributed by atoms with E-state index in [1.54, 1.807) is 19.2 Å². The second-order valence-electron chi connectivity index (χ2n) is 6.01. The standard InChI is InChI=1S/C21H24N2O3/c1-25-15-16-26-20-10-5-3-8-18(20)21(24)22-12-6-13-23-14-11-17-7-2-4-9-19(17)23/h2-5,7-11,14H,6,12-13,15-16H2,1H3,(H,22,24). The lowest BCUT2D eigenvalue weighted by atomic mass is 10.2. The van der Waals surface area contributed by atoms with Crippen molar-refractivity contribution in [2.24, 2.45) is 0 Å². The van der Waals surface area contributed by atoms with Crippen molar-refractivity contribution >= 4 is 16.8 Å². The molecule has 3 aromatic rings. The van der Waals surface area contributed by atoms with E-state index in [1.807, 2.05) is 24.3 Å². The second kappa shape index (κ2) is 9.06. The molecule has 0 radical (unpaired) electrons. The number of hydrogen-bond acceptors (Lipinski definition) is 3. The molecule has 1 heterocycles. The number of rotatable bonds is 9. The molecule has 0 atom stereocenters. The number of nitrogens with zero attached hydrogens (tertiary/aromatic N) is 1. The van der Waals surface area contributed by atoms with E-state index in [2.05, 4.69) is 34.3 Å². The third-order valence-corrected chi connectivity index (χ3v) is 4.22. The molecule has 2 aromatic carbocycles. The number of aryl methyl sites for hydroxylation is 1. The van der Waals surface area contributed by atoms with Crippen molar-refractivity contribution in [2.75, 3.05) is 26.9 Å². The molecule has 0 aliphatic rings. The van der Waals surface area contributed by atoms with E-state index in [4.69, 9.17) is 9.47 Å². The number of carbonyl (C=O) groups excluding carboxylic acids is 1. The SMILES string of the molecule is COCCOc1ccccc1C(=O)NCCCn1ccc2ccccc21. The maximum absolute atomic E-state index is 12.4. The van der Waals surface area contributed by atoms with Crippen LogP contribution >= 0.6 is 0 Å². The summed E-state index contributed by atoms with van der Waals surface area (Å²) in [5, 5.41) is 4.21. The molecule has 0 spiro atoms. The van der Waals surface area contributed by atoms with Crippen molar-refractivity contribution < 1.29 is 14.3 Å². The number of ether oxygens (including phenoxy) is 2. The highest BCUT2D eigenvalue weighted by molar-refractivity contribution is 5.96.